The van der Waals surface area contributed by atoms with Crippen LogP contribution in [-0.4, -0.2) is 12.2 Å². The number of hydrogen-bond acceptors (Lipinski definition) is 3. The minimum atomic E-state index is -0.243. The molecule has 0 aliphatic carbocycles. The molecule has 18 heavy (non-hydrogen) atoms. The van der Waals surface area contributed by atoms with Gasteiger partial charge in [-0.2, -0.15) is 5.10 Å². The fourth-order valence-corrected chi connectivity index (χ4v) is 2.28. The molecule has 0 saturated carbocycles. The minimum Gasteiger partial charge on any atom is -0.369 e. The largest absolute Gasteiger partial charge is 0.369 e. The normalized spacial score (nSPS) is 10.7. The van der Waals surface area contributed by atoms with Gasteiger partial charge in [-0.05, 0) is 18.2 Å². The van der Waals surface area contributed by atoms with Crippen molar-refractivity contribution >= 4 is 23.5 Å². The lowest BCUT2D eigenvalue weighted by molar-refractivity contribution is 0.631. The fraction of sp³-hybridized carbons (Fsp3) is 0. The van der Waals surface area contributed by atoms with Gasteiger partial charge in [-0.1, -0.05) is 18.2 Å². The summed E-state index contributed by atoms with van der Waals surface area (Å²) in [4.78, 5) is 1.68. The van der Waals surface area contributed by atoms with Gasteiger partial charge in [0.2, 0.25) is 5.96 Å². The quantitative estimate of drug-likeness (QED) is 0.505. The van der Waals surface area contributed by atoms with E-state index in [1.807, 2.05) is 12.1 Å². The van der Waals surface area contributed by atoms with Crippen molar-refractivity contribution in [2.24, 2.45) is 21.7 Å². The predicted octanol–water partition coefficient (Wildman–Crippen LogP) is 2.16. The molecular weight excluding hydrogens is 251 g/mol. The fourth-order valence-electron chi connectivity index (χ4n) is 1.38. The number of thiophene rings is 1. The molecule has 1 aromatic heterocycles. The summed E-state index contributed by atoms with van der Waals surface area (Å²) in [5.74, 6) is -0.343. The van der Waals surface area contributed by atoms with E-state index < -0.39 is 0 Å². The second-order valence-corrected chi connectivity index (χ2v) is 4.57. The maximum Gasteiger partial charge on any atom is 0.211 e. The summed E-state index contributed by atoms with van der Waals surface area (Å²) in [5.41, 5.74) is 10.9. The van der Waals surface area contributed by atoms with Crippen LogP contribution in [0.25, 0.3) is 10.4 Å². The van der Waals surface area contributed by atoms with Gasteiger partial charge in [0.25, 0.3) is 0 Å². The second-order valence-electron chi connectivity index (χ2n) is 3.45. The van der Waals surface area contributed by atoms with Crippen molar-refractivity contribution < 1.29 is 4.39 Å². The number of halogens is 1. The third-order valence-electron chi connectivity index (χ3n) is 2.12. The van der Waals surface area contributed by atoms with Crippen LogP contribution >= 0.6 is 11.3 Å². The van der Waals surface area contributed by atoms with Crippen LogP contribution in [0.2, 0.25) is 0 Å². The van der Waals surface area contributed by atoms with Crippen LogP contribution in [0.1, 0.15) is 4.88 Å². The molecule has 0 aliphatic heterocycles. The Morgan fingerprint density at radius 1 is 1.17 bits per heavy atom. The molecule has 0 unspecified atom stereocenters. The Bertz CT molecular complexity index is 600. The van der Waals surface area contributed by atoms with Gasteiger partial charge < -0.3 is 11.5 Å². The molecule has 0 radical (unpaired) electrons. The topological polar surface area (TPSA) is 76.8 Å². The molecule has 92 valence electrons. The molecule has 6 heteroatoms. The molecule has 0 fully saturated rings. The molecule has 2 rings (SSSR count). The van der Waals surface area contributed by atoms with E-state index in [4.69, 9.17) is 11.5 Å². The molecule has 0 aliphatic rings. The Kier molecular flexibility index (Phi) is 3.69. The molecule has 1 heterocycles. The van der Waals surface area contributed by atoms with E-state index in [1.165, 1.54) is 23.6 Å². The van der Waals surface area contributed by atoms with E-state index in [1.54, 1.807) is 18.2 Å². The van der Waals surface area contributed by atoms with Crippen LogP contribution in [0.3, 0.4) is 0 Å². The highest BCUT2D eigenvalue weighted by Crippen LogP contribution is 2.29. The van der Waals surface area contributed by atoms with Crippen LogP contribution < -0.4 is 11.5 Å². The highest BCUT2D eigenvalue weighted by Gasteiger charge is 2.06. The molecular formula is C12H11FN4S. The van der Waals surface area contributed by atoms with Gasteiger partial charge in [0.1, 0.15) is 5.82 Å². The smallest absolute Gasteiger partial charge is 0.211 e. The van der Waals surface area contributed by atoms with Gasteiger partial charge in [0.05, 0.1) is 6.21 Å². The van der Waals surface area contributed by atoms with Crippen LogP contribution in [0.4, 0.5) is 4.39 Å². The Hall–Kier alpha value is -2.21. The van der Waals surface area contributed by atoms with Crippen LogP contribution in [0, 0.1) is 5.82 Å². The maximum absolute atomic E-state index is 13.6. The monoisotopic (exact) mass is 262 g/mol. The Morgan fingerprint density at radius 2 is 1.94 bits per heavy atom. The summed E-state index contributed by atoms with van der Waals surface area (Å²) in [5, 5.41) is 7.19. The molecule has 0 atom stereocenters. The van der Waals surface area contributed by atoms with Crippen molar-refractivity contribution in [3.8, 4) is 10.4 Å². The highest BCUT2D eigenvalue weighted by molar-refractivity contribution is 7.17. The molecule has 4 nitrogen and oxygen atoms in total. The zero-order valence-corrected chi connectivity index (χ0v) is 10.2. The Morgan fingerprint density at radius 3 is 2.67 bits per heavy atom. The number of guanidine groups is 1. The number of nitrogens with zero attached hydrogens (tertiary/aromatic N) is 2. The Balaban J connectivity index is 2.24. The van der Waals surface area contributed by atoms with E-state index in [9.17, 15) is 4.39 Å². The molecule has 0 amide bonds. The number of benzene rings is 1. The van der Waals surface area contributed by atoms with Crippen LogP contribution in [-0.2, 0) is 0 Å². The lowest BCUT2D eigenvalue weighted by Crippen LogP contribution is -2.21. The lowest BCUT2D eigenvalue weighted by atomic mass is 10.2. The standard InChI is InChI=1S/C12H11FN4S/c13-10-4-2-1-3-9(10)11-6-5-8(18-11)7-16-17-12(14)15/h1-7H,(H4,14,15,17). The van der Waals surface area contributed by atoms with Crippen LogP contribution in [0.5, 0.6) is 0 Å². The van der Waals surface area contributed by atoms with E-state index in [2.05, 4.69) is 10.2 Å². The van der Waals surface area contributed by atoms with Crippen molar-refractivity contribution in [2.75, 3.05) is 0 Å². The first kappa shape index (κ1) is 12.3. The summed E-state index contributed by atoms with van der Waals surface area (Å²) in [6.07, 6.45) is 1.52. The van der Waals surface area contributed by atoms with Gasteiger partial charge in [-0.15, -0.1) is 16.4 Å². The molecule has 0 bridgehead atoms. The molecule has 0 saturated heterocycles. The highest BCUT2D eigenvalue weighted by atomic mass is 32.1. The minimum absolute atomic E-state index is 0.0999. The summed E-state index contributed by atoms with van der Waals surface area (Å²) in [6, 6.07) is 10.3. The van der Waals surface area contributed by atoms with E-state index in [0.717, 1.165) is 9.75 Å². The zero-order valence-electron chi connectivity index (χ0n) is 9.38. The average molecular weight is 262 g/mol. The molecule has 1 aromatic carbocycles. The molecule has 0 spiro atoms. The first-order chi connectivity index (χ1) is 8.66. The maximum atomic E-state index is 13.6. The predicted molar refractivity (Wildman–Crippen MR) is 73.1 cm³/mol. The SMILES string of the molecule is NC(N)=NN=Cc1ccc(-c2ccccc2F)s1. The first-order valence-corrected chi connectivity index (χ1v) is 5.95. The second kappa shape index (κ2) is 5.42. The summed E-state index contributed by atoms with van der Waals surface area (Å²) < 4.78 is 13.6. The van der Waals surface area contributed by atoms with E-state index in [-0.39, 0.29) is 11.8 Å². The average Bonchev–Trinajstić information content (AvgIpc) is 2.78. The van der Waals surface area contributed by atoms with Gasteiger partial charge in [-0.25, -0.2) is 4.39 Å². The summed E-state index contributed by atoms with van der Waals surface area (Å²) >= 11 is 1.41. The van der Waals surface area contributed by atoms with Crippen molar-refractivity contribution in [1.82, 2.24) is 0 Å². The number of hydrogen-bond donors (Lipinski definition) is 2. The van der Waals surface area contributed by atoms with Crippen molar-refractivity contribution in [2.45, 2.75) is 0 Å². The summed E-state index contributed by atoms with van der Waals surface area (Å²) in [6.45, 7) is 0. The number of rotatable bonds is 3. The Labute approximate surface area is 107 Å². The van der Waals surface area contributed by atoms with Gasteiger partial charge >= 0.3 is 0 Å². The van der Waals surface area contributed by atoms with Gasteiger partial charge in [0, 0.05) is 15.3 Å². The van der Waals surface area contributed by atoms with Gasteiger partial charge in [0.15, 0.2) is 0 Å². The molecule has 2 aromatic rings. The van der Waals surface area contributed by atoms with E-state index >= 15 is 0 Å². The van der Waals surface area contributed by atoms with Gasteiger partial charge in [-0.3, -0.25) is 0 Å². The number of nitrogens with two attached hydrogens (primary N) is 2. The van der Waals surface area contributed by atoms with Crippen molar-refractivity contribution in [1.29, 1.82) is 0 Å². The summed E-state index contributed by atoms with van der Waals surface area (Å²) in [7, 11) is 0. The zero-order chi connectivity index (χ0) is 13.0. The molecule has 4 N–H and O–H groups in total. The van der Waals surface area contributed by atoms with Crippen molar-refractivity contribution in [3.63, 3.8) is 0 Å². The van der Waals surface area contributed by atoms with Crippen molar-refractivity contribution in [3.05, 3.63) is 47.1 Å². The van der Waals surface area contributed by atoms with E-state index in [0.29, 0.717) is 5.56 Å². The van der Waals surface area contributed by atoms with Crippen LogP contribution in [0.15, 0.2) is 46.6 Å². The third kappa shape index (κ3) is 2.92. The first-order valence-electron chi connectivity index (χ1n) is 5.13. The lowest BCUT2D eigenvalue weighted by Gasteiger charge is -1.97. The third-order valence-corrected chi connectivity index (χ3v) is 3.18.